The maximum atomic E-state index is 11.8. The lowest BCUT2D eigenvalue weighted by molar-refractivity contribution is -0.131. The minimum Gasteiger partial charge on any atom is -0.343 e. The Morgan fingerprint density at radius 3 is 2.40 bits per heavy atom. The number of likely N-dealkylation sites (tertiary alicyclic amines) is 1. The molecule has 15 heavy (non-hydrogen) atoms. The van der Waals surface area contributed by atoms with Gasteiger partial charge in [0.25, 0.3) is 0 Å². The van der Waals surface area contributed by atoms with Gasteiger partial charge in [0, 0.05) is 20.1 Å². The molecule has 0 aromatic rings. The number of rotatable bonds is 4. The van der Waals surface area contributed by atoms with Crippen LogP contribution in [0.25, 0.3) is 0 Å². The van der Waals surface area contributed by atoms with Crippen molar-refractivity contribution < 1.29 is 4.79 Å². The zero-order chi connectivity index (χ0) is 11.5. The molecule has 1 fully saturated rings. The van der Waals surface area contributed by atoms with Crippen LogP contribution in [0.3, 0.4) is 0 Å². The molecule has 1 aliphatic rings. The summed E-state index contributed by atoms with van der Waals surface area (Å²) < 4.78 is -0.438. The summed E-state index contributed by atoms with van der Waals surface area (Å²) in [7, 11) is 1.88. The number of amides is 1. The van der Waals surface area contributed by atoms with Gasteiger partial charge in [0.1, 0.15) is 0 Å². The second-order valence-corrected chi connectivity index (χ2v) is 6.73. The Morgan fingerprint density at radius 1 is 1.40 bits per heavy atom. The molecule has 0 atom stereocenters. The first-order valence-corrected chi connectivity index (χ1v) is 6.37. The molecule has 3 nitrogen and oxygen atoms in total. The molecule has 1 amide bonds. The molecule has 0 bridgehead atoms. The highest BCUT2D eigenvalue weighted by Gasteiger charge is 2.27. The van der Waals surface area contributed by atoms with Gasteiger partial charge < -0.3 is 9.80 Å². The highest BCUT2D eigenvalue weighted by Crippen LogP contribution is 2.18. The summed E-state index contributed by atoms with van der Waals surface area (Å²) in [4.78, 5) is 16.1. The molecule has 1 heterocycles. The molecule has 1 rings (SSSR count). The summed E-state index contributed by atoms with van der Waals surface area (Å²) in [6, 6.07) is 0. The van der Waals surface area contributed by atoms with Crippen LogP contribution < -0.4 is 0 Å². The molecule has 0 unspecified atom stereocenters. The maximum Gasteiger partial charge on any atom is 0.238 e. The van der Waals surface area contributed by atoms with Gasteiger partial charge in [-0.1, -0.05) is 15.9 Å². The van der Waals surface area contributed by atoms with Gasteiger partial charge in [0.05, 0.1) is 4.32 Å². The molecule has 0 radical (unpaired) electrons. The van der Waals surface area contributed by atoms with E-state index < -0.39 is 4.32 Å². The molecule has 4 heteroatoms. The van der Waals surface area contributed by atoms with E-state index in [4.69, 9.17) is 0 Å². The normalized spacial score (nSPS) is 18.1. The minimum absolute atomic E-state index is 0.154. The SMILES string of the molecule is CN(CCN1CCCC1)C(=O)C(C)(C)Br. The Balaban J connectivity index is 2.28. The third kappa shape index (κ3) is 4.11. The summed E-state index contributed by atoms with van der Waals surface area (Å²) in [5, 5.41) is 0. The van der Waals surface area contributed by atoms with E-state index in [1.807, 2.05) is 25.8 Å². The molecule has 1 saturated heterocycles. The lowest BCUT2D eigenvalue weighted by atomic mass is 10.2. The maximum absolute atomic E-state index is 11.8. The van der Waals surface area contributed by atoms with E-state index in [1.165, 1.54) is 25.9 Å². The van der Waals surface area contributed by atoms with Gasteiger partial charge in [0.2, 0.25) is 5.91 Å². The highest BCUT2D eigenvalue weighted by atomic mass is 79.9. The standard InChI is InChI=1S/C11H21BrN2O/c1-11(2,12)10(15)13(3)8-9-14-6-4-5-7-14/h4-9H2,1-3H3. The summed E-state index contributed by atoms with van der Waals surface area (Å²) in [5.41, 5.74) is 0. The topological polar surface area (TPSA) is 23.6 Å². The molecule has 0 spiro atoms. The second-order valence-electron chi connectivity index (χ2n) is 4.75. The van der Waals surface area contributed by atoms with Crippen LogP contribution in [-0.2, 0) is 4.79 Å². The smallest absolute Gasteiger partial charge is 0.238 e. The number of hydrogen-bond donors (Lipinski definition) is 0. The zero-order valence-corrected chi connectivity index (χ0v) is 11.5. The van der Waals surface area contributed by atoms with Crippen molar-refractivity contribution in [1.82, 2.24) is 9.80 Å². The fourth-order valence-electron chi connectivity index (χ4n) is 1.85. The van der Waals surface area contributed by atoms with Crippen molar-refractivity contribution in [2.45, 2.75) is 31.0 Å². The fourth-order valence-corrected chi connectivity index (χ4v) is 2.16. The number of carbonyl (C=O) groups excluding carboxylic acids is 1. The third-order valence-electron chi connectivity index (χ3n) is 2.81. The summed E-state index contributed by atoms with van der Waals surface area (Å²) in [5.74, 6) is 0.154. The van der Waals surface area contributed by atoms with Crippen LogP contribution >= 0.6 is 15.9 Å². The Labute approximate surface area is 101 Å². The number of halogens is 1. The van der Waals surface area contributed by atoms with Crippen LogP contribution in [0.15, 0.2) is 0 Å². The van der Waals surface area contributed by atoms with Gasteiger partial charge in [-0.15, -0.1) is 0 Å². The number of hydrogen-bond acceptors (Lipinski definition) is 2. The van der Waals surface area contributed by atoms with Crippen LogP contribution in [0.1, 0.15) is 26.7 Å². The van der Waals surface area contributed by atoms with E-state index in [2.05, 4.69) is 20.8 Å². The molecule has 0 aliphatic carbocycles. The number of likely N-dealkylation sites (N-methyl/N-ethyl adjacent to an activating group) is 1. The van der Waals surface area contributed by atoms with Gasteiger partial charge in [-0.25, -0.2) is 0 Å². The summed E-state index contributed by atoms with van der Waals surface area (Å²) in [6.07, 6.45) is 2.61. The van der Waals surface area contributed by atoms with Gasteiger partial charge in [-0.2, -0.15) is 0 Å². The predicted octanol–water partition coefficient (Wildman–Crippen LogP) is 1.71. The first-order chi connectivity index (χ1) is 6.91. The van der Waals surface area contributed by atoms with E-state index in [-0.39, 0.29) is 5.91 Å². The zero-order valence-electron chi connectivity index (χ0n) is 9.92. The minimum atomic E-state index is -0.438. The first-order valence-electron chi connectivity index (χ1n) is 5.58. The van der Waals surface area contributed by atoms with Crippen molar-refractivity contribution in [3.05, 3.63) is 0 Å². The van der Waals surface area contributed by atoms with Crippen molar-refractivity contribution in [1.29, 1.82) is 0 Å². The van der Waals surface area contributed by atoms with Crippen LogP contribution in [0.5, 0.6) is 0 Å². The summed E-state index contributed by atoms with van der Waals surface area (Å²) >= 11 is 3.39. The van der Waals surface area contributed by atoms with E-state index in [0.29, 0.717) is 0 Å². The van der Waals surface area contributed by atoms with E-state index in [1.54, 1.807) is 0 Å². The second kappa shape index (κ2) is 5.30. The number of alkyl halides is 1. The van der Waals surface area contributed by atoms with Gasteiger partial charge in [-0.05, 0) is 39.8 Å². The van der Waals surface area contributed by atoms with E-state index in [0.717, 1.165) is 13.1 Å². The average molecular weight is 277 g/mol. The lowest BCUT2D eigenvalue weighted by Crippen LogP contribution is -2.42. The first kappa shape index (κ1) is 13.0. The Hall–Kier alpha value is -0.0900. The molecule has 88 valence electrons. The molecular formula is C11H21BrN2O. The van der Waals surface area contributed by atoms with Crippen molar-refractivity contribution in [2.24, 2.45) is 0 Å². The van der Waals surface area contributed by atoms with Crippen LogP contribution in [0.2, 0.25) is 0 Å². The number of carbonyl (C=O) groups is 1. The quantitative estimate of drug-likeness (QED) is 0.730. The molecule has 0 N–H and O–H groups in total. The fraction of sp³-hybridized carbons (Fsp3) is 0.909. The van der Waals surface area contributed by atoms with Crippen molar-refractivity contribution >= 4 is 21.8 Å². The Kier molecular flexibility index (Phi) is 4.59. The van der Waals surface area contributed by atoms with Gasteiger partial charge in [0.15, 0.2) is 0 Å². The third-order valence-corrected chi connectivity index (χ3v) is 3.14. The average Bonchev–Trinajstić information content (AvgIpc) is 2.63. The van der Waals surface area contributed by atoms with Gasteiger partial charge >= 0.3 is 0 Å². The molecule has 1 aliphatic heterocycles. The largest absolute Gasteiger partial charge is 0.343 e. The van der Waals surface area contributed by atoms with Crippen LogP contribution in [0.4, 0.5) is 0 Å². The molecule has 0 aromatic heterocycles. The summed E-state index contributed by atoms with van der Waals surface area (Å²) in [6.45, 7) is 8.00. The highest BCUT2D eigenvalue weighted by molar-refractivity contribution is 9.10. The Morgan fingerprint density at radius 2 is 1.93 bits per heavy atom. The van der Waals surface area contributed by atoms with Gasteiger partial charge in [-0.3, -0.25) is 4.79 Å². The molecular weight excluding hydrogens is 256 g/mol. The van der Waals surface area contributed by atoms with E-state index in [9.17, 15) is 4.79 Å². The van der Waals surface area contributed by atoms with Crippen molar-refractivity contribution in [2.75, 3.05) is 33.2 Å². The van der Waals surface area contributed by atoms with Crippen molar-refractivity contribution in [3.8, 4) is 0 Å². The predicted molar refractivity (Wildman–Crippen MR) is 66.3 cm³/mol. The monoisotopic (exact) mass is 276 g/mol. The lowest BCUT2D eigenvalue weighted by Gasteiger charge is -2.26. The number of nitrogens with zero attached hydrogens (tertiary/aromatic N) is 2. The van der Waals surface area contributed by atoms with Crippen molar-refractivity contribution in [3.63, 3.8) is 0 Å². The van der Waals surface area contributed by atoms with Crippen LogP contribution in [-0.4, -0.2) is 53.3 Å². The molecule has 0 saturated carbocycles. The van der Waals surface area contributed by atoms with Crippen LogP contribution in [0, 0.1) is 0 Å². The Bertz CT molecular complexity index is 219. The van der Waals surface area contributed by atoms with E-state index >= 15 is 0 Å². The molecule has 0 aromatic carbocycles.